The smallest absolute Gasteiger partial charge is 0.303 e. The third kappa shape index (κ3) is 3.08. The Kier molecular flexibility index (Phi) is 3.50. The van der Waals surface area contributed by atoms with Gasteiger partial charge < -0.3 is 5.11 Å². The highest BCUT2D eigenvalue weighted by atomic mass is 19.3. The largest absolute Gasteiger partial charge is 0.481 e. The van der Waals surface area contributed by atoms with Crippen LogP contribution >= 0.6 is 0 Å². The summed E-state index contributed by atoms with van der Waals surface area (Å²) in [5, 5.41) is 8.38. The molecule has 0 spiro atoms. The molecule has 0 radical (unpaired) electrons. The second kappa shape index (κ2) is 4.64. The maximum Gasteiger partial charge on any atom is 0.303 e. The summed E-state index contributed by atoms with van der Waals surface area (Å²) >= 11 is 0. The molecule has 0 aliphatic carbocycles. The summed E-state index contributed by atoms with van der Waals surface area (Å²) in [6, 6.07) is 2.68. The number of hydrogen-bond donors (Lipinski definition) is 1. The van der Waals surface area contributed by atoms with Gasteiger partial charge in [0.25, 0.3) is 6.43 Å². The van der Waals surface area contributed by atoms with Crippen LogP contribution in [0.2, 0.25) is 0 Å². The van der Waals surface area contributed by atoms with E-state index in [-0.39, 0.29) is 12.1 Å². The lowest BCUT2D eigenvalue weighted by Crippen LogP contribution is -1.98. The highest BCUT2D eigenvalue weighted by molar-refractivity contribution is 5.67. The number of rotatable bonds is 4. The van der Waals surface area contributed by atoms with Crippen LogP contribution in [0.25, 0.3) is 0 Å². The Morgan fingerprint density at radius 3 is 2.64 bits per heavy atom. The second-order valence-electron chi connectivity index (χ2n) is 2.79. The molecule has 0 fully saturated rings. The van der Waals surface area contributed by atoms with Gasteiger partial charge in [-0.1, -0.05) is 6.07 Å². The summed E-state index contributed by atoms with van der Waals surface area (Å²) in [6.45, 7) is 0. The molecule has 3 nitrogen and oxygen atoms in total. The average molecular weight is 201 g/mol. The molecule has 14 heavy (non-hydrogen) atoms. The summed E-state index contributed by atoms with van der Waals surface area (Å²) in [5.41, 5.74) is 0.362. The molecule has 5 heteroatoms. The molecule has 76 valence electrons. The van der Waals surface area contributed by atoms with Crippen molar-refractivity contribution in [2.75, 3.05) is 0 Å². The molecule has 1 aromatic heterocycles. The third-order valence-electron chi connectivity index (χ3n) is 1.70. The van der Waals surface area contributed by atoms with Crippen LogP contribution in [0.3, 0.4) is 0 Å². The zero-order valence-corrected chi connectivity index (χ0v) is 7.28. The van der Waals surface area contributed by atoms with E-state index in [4.69, 9.17) is 5.11 Å². The molecule has 1 rings (SSSR count). The number of aromatic nitrogens is 1. The number of nitrogens with zero attached hydrogens (tertiary/aromatic N) is 1. The van der Waals surface area contributed by atoms with E-state index in [1.807, 2.05) is 0 Å². The van der Waals surface area contributed by atoms with Crippen molar-refractivity contribution in [3.8, 4) is 0 Å². The van der Waals surface area contributed by atoms with Crippen LogP contribution in [0.5, 0.6) is 0 Å². The SMILES string of the molecule is O=C(O)CCc1ccc(C(F)F)nc1. The van der Waals surface area contributed by atoms with Gasteiger partial charge in [0.15, 0.2) is 0 Å². The lowest BCUT2D eigenvalue weighted by atomic mass is 10.1. The zero-order valence-electron chi connectivity index (χ0n) is 7.28. The van der Waals surface area contributed by atoms with Gasteiger partial charge in [0, 0.05) is 12.6 Å². The van der Waals surface area contributed by atoms with Crippen molar-refractivity contribution in [1.82, 2.24) is 4.98 Å². The fourth-order valence-electron chi connectivity index (χ4n) is 0.964. The van der Waals surface area contributed by atoms with Crippen LogP contribution in [0.1, 0.15) is 24.1 Å². The van der Waals surface area contributed by atoms with Gasteiger partial charge in [-0.3, -0.25) is 9.78 Å². The standard InChI is InChI=1S/C9H9F2NO2/c10-9(11)7-3-1-6(5-12-7)2-4-8(13)14/h1,3,5,9H,2,4H2,(H,13,14). The van der Waals surface area contributed by atoms with Crippen LogP contribution < -0.4 is 0 Å². The van der Waals surface area contributed by atoms with E-state index >= 15 is 0 Å². The lowest BCUT2D eigenvalue weighted by Gasteiger charge is -2.00. The predicted octanol–water partition coefficient (Wildman–Crippen LogP) is 2.04. The van der Waals surface area contributed by atoms with Gasteiger partial charge in [-0.15, -0.1) is 0 Å². The molecule has 1 N–H and O–H groups in total. The van der Waals surface area contributed by atoms with E-state index in [1.54, 1.807) is 0 Å². The van der Waals surface area contributed by atoms with Gasteiger partial charge in [-0.25, -0.2) is 8.78 Å². The number of alkyl halides is 2. The number of aryl methyl sites for hydroxylation is 1. The Hall–Kier alpha value is -1.52. The van der Waals surface area contributed by atoms with Gasteiger partial charge in [0.2, 0.25) is 0 Å². The van der Waals surface area contributed by atoms with E-state index in [1.165, 1.54) is 18.3 Å². The molecular weight excluding hydrogens is 192 g/mol. The van der Waals surface area contributed by atoms with Crippen molar-refractivity contribution in [3.63, 3.8) is 0 Å². The van der Waals surface area contributed by atoms with E-state index in [0.29, 0.717) is 12.0 Å². The second-order valence-corrected chi connectivity index (χ2v) is 2.79. The fourth-order valence-corrected chi connectivity index (χ4v) is 0.964. The monoisotopic (exact) mass is 201 g/mol. The quantitative estimate of drug-likeness (QED) is 0.810. The van der Waals surface area contributed by atoms with Gasteiger partial charge in [-0.2, -0.15) is 0 Å². The number of carboxylic acids is 1. The first-order valence-corrected chi connectivity index (χ1v) is 4.04. The molecular formula is C9H9F2NO2. The maximum atomic E-state index is 12.1. The van der Waals surface area contributed by atoms with E-state index in [2.05, 4.69) is 4.98 Å². The number of aliphatic carboxylic acids is 1. The molecule has 0 amide bonds. The minimum Gasteiger partial charge on any atom is -0.481 e. The van der Waals surface area contributed by atoms with Crippen molar-refractivity contribution in [2.24, 2.45) is 0 Å². The van der Waals surface area contributed by atoms with Gasteiger partial charge in [-0.05, 0) is 18.1 Å². The summed E-state index contributed by atoms with van der Waals surface area (Å²) < 4.78 is 24.1. The third-order valence-corrected chi connectivity index (χ3v) is 1.70. The van der Waals surface area contributed by atoms with Crippen LogP contribution in [-0.4, -0.2) is 16.1 Å². The topological polar surface area (TPSA) is 50.2 Å². The molecule has 0 atom stereocenters. The van der Waals surface area contributed by atoms with Crippen LogP contribution in [0.15, 0.2) is 18.3 Å². The van der Waals surface area contributed by atoms with Gasteiger partial charge in [0.05, 0.1) is 0 Å². The molecule has 0 bridgehead atoms. The predicted molar refractivity (Wildman–Crippen MR) is 45.2 cm³/mol. The Morgan fingerprint density at radius 2 is 2.21 bits per heavy atom. The van der Waals surface area contributed by atoms with Crippen LogP contribution in [0, 0.1) is 0 Å². The zero-order chi connectivity index (χ0) is 10.6. The number of carboxylic acid groups (broad SMARTS) is 1. The fraction of sp³-hybridized carbons (Fsp3) is 0.333. The summed E-state index contributed by atoms with van der Waals surface area (Å²) in [7, 11) is 0. The Balaban J connectivity index is 2.59. The lowest BCUT2D eigenvalue weighted by molar-refractivity contribution is -0.136. The normalized spacial score (nSPS) is 10.5. The number of pyridine rings is 1. The highest BCUT2D eigenvalue weighted by Crippen LogP contribution is 2.16. The Morgan fingerprint density at radius 1 is 1.50 bits per heavy atom. The average Bonchev–Trinajstić information content (AvgIpc) is 2.15. The summed E-state index contributed by atoms with van der Waals surface area (Å²) in [6.07, 6.45) is -1.00. The molecule has 1 heterocycles. The Labute approximate surface area is 79.4 Å². The summed E-state index contributed by atoms with van der Waals surface area (Å²) in [4.78, 5) is 13.7. The molecule has 0 aromatic carbocycles. The summed E-state index contributed by atoms with van der Waals surface area (Å²) in [5.74, 6) is -0.914. The molecule has 0 unspecified atom stereocenters. The van der Waals surface area contributed by atoms with Gasteiger partial charge >= 0.3 is 5.97 Å². The minimum absolute atomic E-state index is 0.0181. The molecule has 1 aromatic rings. The van der Waals surface area contributed by atoms with Gasteiger partial charge in [0.1, 0.15) is 5.69 Å². The minimum atomic E-state index is -2.58. The van der Waals surface area contributed by atoms with E-state index in [0.717, 1.165) is 0 Å². The molecule has 0 saturated carbocycles. The molecule has 0 saturated heterocycles. The first-order chi connectivity index (χ1) is 6.59. The van der Waals surface area contributed by atoms with Crippen molar-refractivity contribution in [1.29, 1.82) is 0 Å². The first-order valence-electron chi connectivity index (χ1n) is 4.04. The maximum absolute atomic E-state index is 12.1. The van der Waals surface area contributed by atoms with Crippen LogP contribution in [0.4, 0.5) is 8.78 Å². The number of hydrogen-bond acceptors (Lipinski definition) is 2. The van der Waals surface area contributed by atoms with Crippen molar-refractivity contribution in [3.05, 3.63) is 29.6 Å². The molecule has 0 aliphatic heterocycles. The van der Waals surface area contributed by atoms with E-state index in [9.17, 15) is 13.6 Å². The number of carbonyl (C=O) groups is 1. The van der Waals surface area contributed by atoms with Crippen molar-refractivity contribution in [2.45, 2.75) is 19.3 Å². The number of halogens is 2. The first kappa shape index (κ1) is 10.6. The van der Waals surface area contributed by atoms with E-state index < -0.39 is 12.4 Å². The Bertz CT molecular complexity index is 311. The molecule has 0 aliphatic rings. The van der Waals surface area contributed by atoms with Crippen LogP contribution in [-0.2, 0) is 11.2 Å². The van der Waals surface area contributed by atoms with Crippen molar-refractivity contribution >= 4 is 5.97 Å². The highest BCUT2D eigenvalue weighted by Gasteiger charge is 2.07. The van der Waals surface area contributed by atoms with Crippen molar-refractivity contribution < 1.29 is 18.7 Å².